The van der Waals surface area contributed by atoms with Crippen molar-refractivity contribution in [1.82, 2.24) is 19.9 Å². The molecule has 1 N–H and O–H groups in total. The molecule has 0 aliphatic heterocycles. The molecule has 0 spiro atoms. The fourth-order valence-corrected chi connectivity index (χ4v) is 5.16. The van der Waals surface area contributed by atoms with Crippen molar-refractivity contribution in [1.29, 1.82) is 0 Å². The molecule has 1 aliphatic rings. The van der Waals surface area contributed by atoms with E-state index in [1.165, 1.54) is 0 Å². The fraction of sp³-hybridized carbons (Fsp3) is 0.421. The van der Waals surface area contributed by atoms with E-state index in [4.69, 9.17) is 0 Å². The zero-order valence-corrected chi connectivity index (χ0v) is 16.1. The molecule has 6 nitrogen and oxygen atoms in total. The van der Waals surface area contributed by atoms with E-state index in [9.17, 15) is 4.55 Å². The number of nitrogens with one attached hydrogen (secondary N) is 1. The Bertz CT molecular complexity index is 921. The van der Waals surface area contributed by atoms with Gasteiger partial charge in [-0.05, 0) is 50.0 Å². The summed E-state index contributed by atoms with van der Waals surface area (Å²) in [6.45, 7) is 3.97. The lowest BCUT2D eigenvalue weighted by Gasteiger charge is -2.41. The smallest absolute Gasteiger partial charge is 0.173 e. The number of fused-ring (bicyclic) bond motifs is 1. The summed E-state index contributed by atoms with van der Waals surface area (Å²) >= 11 is -0.982. The van der Waals surface area contributed by atoms with Crippen LogP contribution in [0.15, 0.2) is 35.7 Å². The van der Waals surface area contributed by atoms with Crippen LogP contribution >= 0.6 is 0 Å². The largest absolute Gasteiger partial charge is 0.611 e. The molecule has 1 atom stereocenters. The predicted molar refractivity (Wildman–Crippen MR) is 104 cm³/mol. The van der Waals surface area contributed by atoms with Gasteiger partial charge in [0.2, 0.25) is 0 Å². The Balaban J connectivity index is 1.38. The molecule has 4 rings (SSSR count). The molecule has 1 aliphatic carbocycles. The van der Waals surface area contributed by atoms with Crippen LogP contribution in [0.4, 0.5) is 5.82 Å². The Labute approximate surface area is 156 Å². The number of H-pyrrole nitrogens is 1. The van der Waals surface area contributed by atoms with Crippen molar-refractivity contribution in [3.63, 3.8) is 0 Å². The first kappa shape index (κ1) is 17.3. The molecule has 26 heavy (non-hydrogen) atoms. The number of hydrogen-bond acceptors (Lipinski definition) is 5. The van der Waals surface area contributed by atoms with E-state index < -0.39 is 11.2 Å². The summed E-state index contributed by atoms with van der Waals surface area (Å²) in [4.78, 5) is 19.2. The van der Waals surface area contributed by atoms with E-state index in [2.05, 4.69) is 31.9 Å². The number of aromatic amines is 1. The van der Waals surface area contributed by atoms with E-state index in [0.29, 0.717) is 17.7 Å². The van der Waals surface area contributed by atoms with Crippen LogP contribution in [0.3, 0.4) is 0 Å². The van der Waals surface area contributed by atoms with Crippen LogP contribution < -0.4 is 4.90 Å². The maximum atomic E-state index is 12.7. The van der Waals surface area contributed by atoms with Crippen LogP contribution in [0.25, 0.3) is 11.0 Å². The summed E-state index contributed by atoms with van der Waals surface area (Å²) in [5.74, 6) is 2.14. The highest BCUT2D eigenvalue weighted by Gasteiger charge is 2.36. The van der Waals surface area contributed by atoms with Crippen molar-refractivity contribution in [2.45, 2.75) is 37.6 Å². The fourth-order valence-electron chi connectivity index (χ4n) is 3.69. The second-order valence-corrected chi connectivity index (χ2v) is 8.61. The van der Waals surface area contributed by atoms with Gasteiger partial charge in [-0.15, -0.1) is 0 Å². The molecule has 0 amide bonds. The van der Waals surface area contributed by atoms with Gasteiger partial charge in [-0.2, -0.15) is 0 Å². The summed E-state index contributed by atoms with van der Waals surface area (Å²) < 4.78 is 12.7. The van der Waals surface area contributed by atoms with Crippen LogP contribution in [0.2, 0.25) is 0 Å². The van der Waals surface area contributed by atoms with Gasteiger partial charge in [0, 0.05) is 36.5 Å². The van der Waals surface area contributed by atoms with Crippen molar-refractivity contribution in [3.05, 3.63) is 42.1 Å². The van der Waals surface area contributed by atoms with Gasteiger partial charge in [0.15, 0.2) is 4.90 Å². The second kappa shape index (κ2) is 6.89. The molecule has 3 aromatic rings. The van der Waals surface area contributed by atoms with Crippen molar-refractivity contribution < 1.29 is 4.55 Å². The highest BCUT2D eigenvalue weighted by atomic mass is 32.2. The zero-order valence-electron chi connectivity index (χ0n) is 15.3. The van der Waals surface area contributed by atoms with Gasteiger partial charge in [-0.25, -0.2) is 9.97 Å². The topological polar surface area (TPSA) is 80.8 Å². The third-order valence-corrected chi connectivity index (χ3v) is 6.95. The quantitative estimate of drug-likeness (QED) is 0.699. The second-order valence-electron chi connectivity index (χ2n) is 7.14. The van der Waals surface area contributed by atoms with Gasteiger partial charge in [0.05, 0.1) is 11.6 Å². The molecule has 1 fully saturated rings. The average Bonchev–Trinajstić information content (AvgIpc) is 3.05. The summed E-state index contributed by atoms with van der Waals surface area (Å²) in [7, 11) is 2.08. The highest BCUT2D eigenvalue weighted by Crippen LogP contribution is 2.36. The number of pyridine rings is 1. The Morgan fingerprint density at radius 1 is 1.27 bits per heavy atom. The first-order chi connectivity index (χ1) is 12.5. The van der Waals surface area contributed by atoms with Crippen molar-refractivity contribution in [2.24, 2.45) is 5.92 Å². The van der Waals surface area contributed by atoms with Gasteiger partial charge < -0.3 is 14.4 Å². The maximum Gasteiger partial charge on any atom is 0.173 e. The number of aromatic nitrogens is 4. The van der Waals surface area contributed by atoms with E-state index in [1.54, 1.807) is 12.5 Å². The molecule has 7 heteroatoms. The number of anilines is 1. The van der Waals surface area contributed by atoms with E-state index in [-0.39, 0.29) is 0 Å². The number of nitrogens with zero attached hydrogens (tertiary/aromatic N) is 4. The van der Waals surface area contributed by atoms with E-state index in [0.717, 1.165) is 45.8 Å². The Kier molecular flexibility index (Phi) is 4.58. The van der Waals surface area contributed by atoms with Crippen molar-refractivity contribution >= 4 is 28.0 Å². The van der Waals surface area contributed by atoms with E-state index >= 15 is 0 Å². The van der Waals surface area contributed by atoms with Crippen molar-refractivity contribution in [2.75, 3.05) is 17.7 Å². The van der Waals surface area contributed by atoms with Crippen LogP contribution in [-0.2, 0) is 11.2 Å². The van der Waals surface area contributed by atoms with Gasteiger partial charge in [0.1, 0.15) is 23.5 Å². The monoisotopic (exact) mass is 369 g/mol. The number of rotatable bonds is 5. The van der Waals surface area contributed by atoms with Crippen LogP contribution in [0, 0.1) is 19.8 Å². The highest BCUT2D eigenvalue weighted by molar-refractivity contribution is 7.91. The van der Waals surface area contributed by atoms with Gasteiger partial charge >= 0.3 is 0 Å². The molecule has 0 saturated heterocycles. The molecule has 3 aromatic heterocycles. The third-order valence-electron chi connectivity index (χ3n) is 5.26. The molecular formula is C19H23N5OS. The lowest BCUT2D eigenvalue weighted by atomic mass is 9.81. The SMILES string of the molecule is Cc1cc(C)c([S+]([O-])C[C@H]2C[C@@H](N(C)c3ncnc4[nH]ccc34)C2)cn1. The minimum absolute atomic E-state index is 0.433. The standard InChI is InChI=1S/C19H23N5OS/c1-12-6-13(2)21-9-17(12)26(25)10-14-7-15(8-14)24(3)19-16-4-5-20-18(16)22-11-23-19/h4-6,9,11,14-15H,7-8,10H2,1-3H3,(H,20,22,23)/t14-,15+,26?. The lowest BCUT2D eigenvalue weighted by molar-refractivity contribution is 0.282. The predicted octanol–water partition coefficient (Wildman–Crippen LogP) is 2.99. The van der Waals surface area contributed by atoms with E-state index in [1.807, 2.05) is 32.2 Å². The van der Waals surface area contributed by atoms with Gasteiger partial charge in [-0.3, -0.25) is 4.98 Å². The third kappa shape index (κ3) is 3.17. The van der Waals surface area contributed by atoms with Crippen molar-refractivity contribution in [3.8, 4) is 0 Å². The minimum atomic E-state index is -0.982. The van der Waals surface area contributed by atoms with Gasteiger partial charge in [0.25, 0.3) is 0 Å². The number of hydrogen-bond donors (Lipinski definition) is 1. The summed E-state index contributed by atoms with van der Waals surface area (Å²) in [6, 6.07) is 4.45. The molecule has 0 radical (unpaired) electrons. The molecule has 0 bridgehead atoms. The normalized spacial score (nSPS) is 20.8. The van der Waals surface area contributed by atoms with Crippen LogP contribution in [-0.4, -0.2) is 43.3 Å². The maximum absolute atomic E-state index is 12.7. The molecule has 3 heterocycles. The summed E-state index contributed by atoms with van der Waals surface area (Å²) in [5, 5.41) is 1.04. The van der Waals surface area contributed by atoms with Crippen LogP contribution in [0.1, 0.15) is 24.1 Å². The molecular weight excluding hydrogens is 346 g/mol. The Morgan fingerprint density at radius 2 is 2.08 bits per heavy atom. The average molecular weight is 369 g/mol. The molecule has 136 valence electrons. The van der Waals surface area contributed by atoms with Gasteiger partial charge in [-0.1, -0.05) is 0 Å². The Hall–Kier alpha value is -2.12. The summed E-state index contributed by atoms with van der Waals surface area (Å²) in [5.41, 5.74) is 2.90. The lowest BCUT2D eigenvalue weighted by Crippen LogP contribution is -2.45. The zero-order chi connectivity index (χ0) is 18.3. The summed E-state index contributed by atoms with van der Waals surface area (Å²) in [6.07, 6.45) is 7.34. The first-order valence-electron chi connectivity index (χ1n) is 8.85. The molecule has 0 aromatic carbocycles. The Morgan fingerprint density at radius 3 is 2.85 bits per heavy atom. The van der Waals surface area contributed by atoms with Crippen LogP contribution in [0.5, 0.6) is 0 Å². The first-order valence-corrected chi connectivity index (χ1v) is 10.2. The molecule has 1 unspecified atom stereocenters. The number of aryl methyl sites for hydroxylation is 2. The minimum Gasteiger partial charge on any atom is -0.611 e. The molecule has 1 saturated carbocycles.